The molecule has 0 aliphatic rings. The first kappa shape index (κ1) is 18.9. The number of anilines is 1. The molecule has 0 aliphatic heterocycles. The van der Waals surface area contributed by atoms with Crippen LogP contribution in [0.15, 0.2) is 79.3 Å². The van der Waals surface area contributed by atoms with Crippen molar-refractivity contribution in [1.82, 2.24) is 19.9 Å². The van der Waals surface area contributed by atoms with Crippen LogP contribution in [-0.2, 0) is 6.54 Å². The maximum absolute atomic E-state index is 9.12. The lowest BCUT2D eigenvalue weighted by atomic mass is 10.1. The highest BCUT2D eigenvalue weighted by molar-refractivity contribution is 7.19. The molecule has 5 rings (SSSR count). The fourth-order valence-corrected chi connectivity index (χ4v) is 4.26. The Labute approximate surface area is 182 Å². The summed E-state index contributed by atoms with van der Waals surface area (Å²) < 4.78 is 0. The minimum absolute atomic E-state index is 0.577. The molecule has 1 N–H and O–H groups in total. The summed E-state index contributed by atoms with van der Waals surface area (Å²) in [5, 5.41) is 13.3. The second-order valence-electron chi connectivity index (χ2n) is 6.84. The molecule has 148 valence electrons. The zero-order chi connectivity index (χ0) is 21.0. The third-order valence-corrected chi connectivity index (χ3v) is 5.80. The van der Waals surface area contributed by atoms with Crippen LogP contribution in [0.3, 0.4) is 0 Å². The number of fused-ring (bicyclic) bond motifs is 1. The van der Waals surface area contributed by atoms with Gasteiger partial charge < -0.3 is 5.32 Å². The third kappa shape index (κ3) is 3.97. The Kier molecular flexibility index (Phi) is 5.05. The largest absolute Gasteiger partial charge is 0.357 e. The van der Waals surface area contributed by atoms with Crippen LogP contribution < -0.4 is 5.32 Å². The molecule has 3 heterocycles. The molecule has 0 fully saturated rings. The van der Waals surface area contributed by atoms with Crippen molar-refractivity contribution < 1.29 is 0 Å². The highest BCUT2D eigenvalue weighted by Gasteiger charge is 2.16. The number of benzene rings is 2. The first-order valence-electron chi connectivity index (χ1n) is 9.66. The molecule has 0 unspecified atom stereocenters. The SMILES string of the molecule is N#Cc1cccc(CNc2nc(-c3ccc4nccnc4c3)c(-c3ccccn3)s2)c1. The Morgan fingerprint density at radius 1 is 0.871 bits per heavy atom. The molecule has 7 heteroatoms. The lowest BCUT2D eigenvalue weighted by Gasteiger charge is -2.03. The van der Waals surface area contributed by atoms with Crippen LogP contribution in [-0.4, -0.2) is 19.9 Å². The van der Waals surface area contributed by atoms with Gasteiger partial charge in [-0.3, -0.25) is 15.0 Å². The van der Waals surface area contributed by atoms with Crippen LogP contribution in [0.25, 0.3) is 32.9 Å². The van der Waals surface area contributed by atoms with Crippen molar-refractivity contribution in [3.63, 3.8) is 0 Å². The number of rotatable bonds is 5. The van der Waals surface area contributed by atoms with Gasteiger partial charge in [0.1, 0.15) is 0 Å². The Balaban J connectivity index is 1.53. The Hall–Kier alpha value is -4.15. The molecule has 0 amide bonds. The van der Waals surface area contributed by atoms with E-state index in [1.807, 2.05) is 54.6 Å². The first-order valence-corrected chi connectivity index (χ1v) is 10.5. The van der Waals surface area contributed by atoms with Crippen LogP contribution in [0.1, 0.15) is 11.1 Å². The molecule has 0 spiro atoms. The van der Waals surface area contributed by atoms with Crippen LogP contribution >= 0.6 is 11.3 Å². The molecule has 5 aromatic rings. The quantitative estimate of drug-likeness (QED) is 0.415. The maximum Gasteiger partial charge on any atom is 0.184 e. The molecule has 0 aliphatic carbocycles. The smallest absolute Gasteiger partial charge is 0.184 e. The van der Waals surface area contributed by atoms with Crippen LogP contribution in [0.2, 0.25) is 0 Å². The molecule has 3 aromatic heterocycles. The van der Waals surface area contributed by atoms with Gasteiger partial charge in [-0.2, -0.15) is 5.26 Å². The van der Waals surface area contributed by atoms with E-state index >= 15 is 0 Å². The Morgan fingerprint density at radius 2 is 1.77 bits per heavy atom. The van der Waals surface area contributed by atoms with Crippen molar-refractivity contribution >= 4 is 27.5 Å². The number of thiazole rings is 1. The van der Waals surface area contributed by atoms with Gasteiger partial charge in [-0.05, 0) is 42.0 Å². The molecule has 0 bridgehead atoms. The summed E-state index contributed by atoms with van der Waals surface area (Å²) in [6.07, 6.45) is 5.16. The molecule has 0 saturated carbocycles. The number of nitriles is 1. The molecular weight excluding hydrogens is 404 g/mol. The summed E-state index contributed by atoms with van der Waals surface area (Å²) >= 11 is 1.56. The topological polar surface area (TPSA) is 87.4 Å². The fourth-order valence-electron chi connectivity index (χ4n) is 3.30. The molecular formula is C24H16N6S. The van der Waals surface area contributed by atoms with Crippen LogP contribution in [0, 0.1) is 11.3 Å². The van der Waals surface area contributed by atoms with Gasteiger partial charge in [0.25, 0.3) is 0 Å². The summed E-state index contributed by atoms with van der Waals surface area (Å²) in [4.78, 5) is 19.2. The van der Waals surface area contributed by atoms with E-state index in [-0.39, 0.29) is 0 Å². The van der Waals surface area contributed by atoms with Gasteiger partial charge in [-0.25, -0.2) is 4.98 Å². The van der Waals surface area contributed by atoms with Gasteiger partial charge in [-0.15, -0.1) is 0 Å². The Bertz CT molecular complexity index is 1400. The third-order valence-electron chi connectivity index (χ3n) is 4.77. The van der Waals surface area contributed by atoms with E-state index in [0.717, 1.165) is 43.6 Å². The average Bonchev–Trinajstić information content (AvgIpc) is 3.27. The van der Waals surface area contributed by atoms with Crippen molar-refractivity contribution in [3.05, 3.63) is 90.4 Å². The van der Waals surface area contributed by atoms with Crippen molar-refractivity contribution in [1.29, 1.82) is 5.26 Å². The number of nitrogens with zero attached hydrogens (tertiary/aromatic N) is 5. The lowest BCUT2D eigenvalue weighted by Crippen LogP contribution is -1.99. The van der Waals surface area contributed by atoms with Crippen molar-refractivity contribution in [3.8, 4) is 27.9 Å². The van der Waals surface area contributed by atoms with Crippen LogP contribution in [0.5, 0.6) is 0 Å². The zero-order valence-electron chi connectivity index (χ0n) is 16.4. The van der Waals surface area contributed by atoms with Crippen LogP contribution in [0.4, 0.5) is 5.13 Å². The fraction of sp³-hybridized carbons (Fsp3) is 0.0417. The summed E-state index contributed by atoms with van der Waals surface area (Å²) in [7, 11) is 0. The van der Waals surface area contributed by atoms with E-state index in [9.17, 15) is 0 Å². The number of nitrogens with one attached hydrogen (secondary N) is 1. The van der Waals surface area contributed by atoms with Crippen molar-refractivity contribution in [2.24, 2.45) is 0 Å². The van der Waals surface area contributed by atoms with Crippen molar-refractivity contribution in [2.45, 2.75) is 6.54 Å². The second-order valence-corrected chi connectivity index (χ2v) is 7.84. The average molecular weight is 421 g/mol. The maximum atomic E-state index is 9.12. The lowest BCUT2D eigenvalue weighted by molar-refractivity contribution is 1.13. The standard InChI is InChI=1S/C24H16N6S/c25-14-16-4-3-5-17(12-16)15-29-24-30-22(23(31-24)20-6-1-2-9-26-20)18-7-8-19-21(13-18)28-11-10-27-19/h1-13H,15H2,(H,29,30). The van der Waals surface area contributed by atoms with E-state index in [4.69, 9.17) is 10.2 Å². The molecule has 0 radical (unpaired) electrons. The molecule has 2 aromatic carbocycles. The van der Waals surface area contributed by atoms with E-state index in [1.54, 1.807) is 36.0 Å². The predicted octanol–water partition coefficient (Wildman–Crippen LogP) is 5.30. The monoisotopic (exact) mass is 420 g/mol. The normalized spacial score (nSPS) is 10.7. The summed E-state index contributed by atoms with van der Waals surface area (Å²) in [5.41, 5.74) is 6.02. The molecule has 6 nitrogen and oxygen atoms in total. The van der Waals surface area contributed by atoms with E-state index in [2.05, 4.69) is 26.3 Å². The van der Waals surface area contributed by atoms with Crippen molar-refractivity contribution in [2.75, 3.05) is 5.32 Å². The summed E-state index contributed by atoms with van der Waals surface area (Å²) in [6, 6.07) is 21.6. The van der Waals surface area contributed by atoms with Gasteiger partial charge in [0.15, 0.2) is 5.13 Å². The predicted molar refractivity (Wildman–Crippen MR) is 122 cm³/mol. The number of aromatic nitrogens is 4. The van der Waals surface area contributed by atoms with Gasteiger partial charge in [-0.1, -0.05) is 35.6 Å². The van der Waals surface area contributed by atoms with Gasteiger partial charge in [0.2, 0.25) is 0 Å². The number of pyridine rings is 1. The van der Waals surface area contributed by atoms with Gasteiger partial charge in [0, 0.05) is 30.7 Å². The molecule has 0 atom stereocenters. The first-order chi connectivity index (χ1) is 15.3. The number of hydrogen-bond donors (Lipinski definition) is 1. The van der Waals surface area contributed by atoms with Gasteiger partial charge >= 0.3 is 0 Å². The highest BCUT2D eigenvalue weighted by atomic mass is 32.1. The minimum Gasteiger partial charge on any atom is -0.357 e. The number of hydrogen-bond acceptors (Lipinski definition) is 7. The Morgan fingerprint density at radius 3 is 2.61 bits per heavy atom. The van der Waals surface area contributed by atoms with E-state index < -0.39 is 0 Å². The van der Waals surface area contributed by atoms with Gasteiger partial charge in [0.05, 0.1) is 38.9 Å². The zero-order valence-corrected chi connectivity index (χ0v) is 17.2. The summed E-state index contributed by atoms with van der Waals surface area (Å²) in [6.45, 7) is 0.577. The molecule has 0 saturated heterocycles. The highest BCUT2D eigenvalue weighted by Crippen LogP contribution is 2.38. The minimum atomic E-state index is 0.577. The molecule has 31 heavy (non-hydrogen) atoms. The second kappa shape index (κ2) is 8.30. The van der Waals surface area contributed by atoms with E-state index in [0.29, 0.717) is 12.1 Å². The van der Waals surface area contributed by atoms with E-state index in [1.165, 1.54) is 0 Å². The summed E-state index contributed by atoms with van der Waals surface area (Å²) in [5.74, 6) is 0.